The molecular weight excluding hydrogens is 307 g/mol. The van der Waals surface area contributed by atoms with Gasteiger partial charge in [0.15, 0.2) is 0 Å². The van der Waals surface area contributed by atoms with Crippen LogP contribution in [0.3, 0.4) is 0 Å². The number of aliphatic hydroxyl groups is 1. The van der Waals surface area contributed by atoms with Gasteiger partial charge in [-0.2, -0.15) is 0 Å². The summed E-state index contributed by atoms with van der Waals surface area (Å²) in [6.45, 7) is 2.25. The van der Waals surface area contributed by atoms with E-state index in [-0.39, 0.29) is 0 Å². The van der Waals surface area contributed by atoms with Gasteiger partial charge in [0.2, 0.25) is 0 Å². The number of halogens is 2. The van der Waals surface area contributed by atoms with Crippen molar-refractivity contribution in [1.29, 1.82) is 0 Å². The van der Waals surface area contributed by atoms with E-state index in [1.54, 1.807) is 13.0 Å². The molecule has 0 fully saturated rings. The zero-order valence-electron chi connectivity index (χ0n) is 11.4. The Balaban J connectivity index is 2.12. The molecule has 1 N–H and O–H groups in total. The van der Waals surface area contributed by atoms with Gasteiger partial charge in [-0.3, -0.25) is 0 Å². The Hall–Kier alpha value is -1.55. The summed E-state index contributed by atoms with van der Waals surface area (Å²) >= 11 is 12.2. The normalized spacial score (nSPS) is 12.8. The van der Waals surface area contributed by atoms with Crippen molar-refractivity contribution < 1.29 is 5.11 Å². The van der Waals surface area contributed by atoms with Crippen molar-refractivity contribution in [2.75, 3.05) is 0 Å². The maximum atomic E-state index is 9.96. The molecule has 0 radical (unpaired) electrons. The van der Waals surface area contributed by atoms with Crippen molar-refractivity contribution in [3.05, 3.63) is 63.9 Å². The van der Waals surface area contributed by atoms with Crippen LogP contribution >= 0.6 is 23.2 Å². The van der Waals surface area contributed by atoms with E-state index in [9.17, 15) is 5.11 Å². The van der Waals surface area contributed by atoms with E-state index in [1.165, 1.54) is 0 Å². The van der Waals surface area contributed by atoms with Crippen molar-refractivity contribution in [2.24, 2.45) is 0 Å². The molecule has 1 atom stereocenters. The Morgan fingerprint density at radius 3 is 2.67 bits per heavy atom. The molecule has 0 amide bonds. The zero-order valence-corrected chi connectivity index (χ0v) is 12.9. The van der Waals surface area contributed by atoms with Crippen LogP contribution in [0, 0.1) is 0 Å². The fourth-order valence-corrected chi connectivity index (χ4v) is 2.87. The lowest BCUT2D eigenvalue weighted by molar-refractivity contribution is 0.185. The molecule has 3 aromatic rings. The number of aromatic nitrogens is 2. The van der Waals surface area contributed by atoms with Gasteiger partial charge in [-0.15, -0.1) is 0 Å². The third-order valence-electron chi connectivity index (χ3n) is 3.40. The first-order chi connectivity index (χ1) is 10.1. The number of imidazole rings is 1. The van der Waals surface area contributed by atoms with Crippen molar-refractivity contribution in [1.82, 2.24) is 9.55 Å². The minimum Gasteiger partial charge on any atom is -0.385 e. The van der Waals surface area contributed by atoms with Crippen LogP contribution in [-0.2, 0) is 6.54 Å². The Morgan fingerprint density at radius 1 is 1.19 bits per heavy atom. The molecule has 5 heteroatoms. The van der Waals surface area contributed by atoms with Gasteiger partial charge in [-0.1, -0.05) is 41.4 Å². The number of hydrogen-bond donors (Lipinski definition) is 1. The van der Waals surface area contributed by atoms with Crippen LogP contribution in [0.15, 0.2) is 42.5 Å². The summed E-state index contributed by atoms with van der Waals surface area (Å²) < 4.78 is 1.98. The van der Waals surface area contributed by atoms with Crippen molar-refractivity contribution in [3.8, 4) is 0 Å². The molecule has 108 valence electrons. The standard InChI is InChI=1S/C16H14Cl2N2O/c1-10(21)16-19-14-4-2-3-5-15(14)20(16)9-11-6-7-12(17)8-13(11)18/h2-8,10,21H,9H2,1H3/t10-/m1/s1. The summed E-state index contributed by atoms with van der Waals surface area (Å²) in [5.74, 6) is 0.627. The smallest absolute Gasteiger partial charge is 0.138 e. The first-order valence-corrected chi connectivity index (χ1v) is 7.39. The van der Waals surface area contributed by atoms with Crippen LogP contribution in [0.1, 0.15) is 24.4 Å². The van der Waals surface area contributed by atoms with E-state index in [0.717, 1.165) is 16.6 Å². The largest absolute Gasteiger partial charge is 0.385 e. The lowest BCUT2D eigenvalue weighted by Gasteiger charge is -2.12. The van der Waals surface area contributed by atoms with Gasteiger partial charge < -0.3 is 9.67 Å². The number of nitrogens with zero attached hydrogens (tertiary/aromatic N) is 2. The highest BCUT2D eigenvalue weighted by atomic mass is 35.5. The summed E-state index contributed by atoms with van der Waals surface area (Å²) in [6.07, 6.45) is -0.650. The minimum atomic E-state index is -0.650. The molecule has 3 rings (SSSR count). The van der Waals surface area contributed by atoms with Gasteiger partial charge in [-0.25, -0.2) is 4.98 Å². The maximum Gasteiger partial charge on any atom is 0.138 e. The number of para-hydroxylation sites is 2. The molecule has 0 saturated heterocycles. The maximum absolute atomic E-state index is 9.96. The van der Waals surface area contributed by atoms with E-state index in [2.05, 4.69) is 4.98 Å². The number of aliphatic hydroxyl groups excluding tert-OH is 1. The lowest BCUT2D eigenvalue weighted by atomic mass is 10.2. The molecular formula is C16H14Cl2N2O. The second kappa shape index (κ2) is 5.68. The average molecular weight is 321 g/mol. The molecule has 3 nitrogen and oxygen atoms in total. The summed E-state index contributed by atoms with van der Waals surface area (Å²) in [4.78, 5) is 4.50. The number of fused-ring (bicyclic) bond motifs is 1. The average Bonchev–Trinajstić information content (AvgIpc) is 2.81. The monoisotopic (exact) mass is 320 g/mol. The van der Waals surface area contributed by atoms with Crippen molar-refractivity contribution in [2.45, 2.75) is 19.6 Å². The van der Waals surface area contributed by atoms with Crippen molar-refractivity contribution >= 4 is 34.2 Å². The molecule has 0 bridgehead atoms. The molecule has 2 aromatic carbocycles. The minimum absolute atomic E-state index is 0.538. The Labute approximate surface area is 132 Å². The molecule has 0 unspecified atom stereocenters. The third-order valence-corrected chi connectivity index (χ3v) is 3.99. The van der Waals surface area contributed by atoms with Crippen LogP contribution in [0.2, 0.25) is 10.0 Å². The van der Waals surface area contributed by atoms with E-state index >= 15 is 0 Å². The van der Waals surface area contributed by atoms with Gasteiger partial charge in [0.25, 0.3) is 0 Å². The second-order valence-electron chi connectivity index (χ2n) is 4.96. The summed E-state index contributed by atoms with van der Waals surface area (Å²) in [6, 6.07) is 13.2. The highest BCUT2D eigenvalue weighted by molar-refractivity contribution is 6.35. The Bertz CT molecular complexity index is 796. The van der Waals surface area contributed by atoms with Gasteiger partial charge in [0.1, 0.15) is 11.9 Å². The molecule has 21 heavy (non-hydrogen) atoms. The highest BCUT2D eigenvalue weighted by Gasteiger charge is 2.15. The fraction of sp³-hybridized carbons (Fsp3) is 0.188. The molecule has 0 saturated carbocycles. The second-order valence-corrected chi connectivity index (χ2v) is 5.80. The van der Waals surface area contributed by atoms with Crippen LogP contribution in [-0.4, -0.2) is 14.7 Å². The third kappa shape index (κ3) is 2.77. The van der Waals surface area contributed by atoms with Gasteiger partial charge in [0.05, 0.1) is 17.6 Å². The van der Waals surface area contributed by atoms with Crippen LogP contribution in [0.4, 0.5) is 0 Å². The molecule has 1 heterocycles. The number of hydrogen-bond acceptors (Lipinski definition) is 2. The number of benzene rings is 2. The van der Waals surface area contributed by atoms with E-state index in [0.29, 0.717) is 22.4 Å². The van der Waals surface area contributed by atoms with Crippen LogP contribution in [0.5, 0.6) is 0 Å². The van der Waals surface area contributed by atoms with E-state index in [4.69, 9.17) is 23.2 Å². The summed E-state index contributed by atoms with van der Waals surface area (Å²) in [7, 11) is 0. The van der Waals surface area contributed by atoms with Gasteiger partial charge >= 0.3 is 0 Å². The first-order valence-electron chi connectivity index (χ1n) is 6.63. The SMILES string of the molecule is C[C@@H](O)c1nc2ccccc2n1Cc1ccc(Cl)cc1Cl. The summed E-state index contributed by atoms with van der Waals surface area (Å²) in [5, 5.41) is 11.2. The Kier molecular flexibility index (Phi) is 3.89. The predicted octanol–water partition coefficient (Wildman–Crippen LogP) is 4.44. The number of rotatable bonds is 3. The van der Waals surface area contributed by atoms with Gasteiger partial charge in [0, 0.05) is 10.0 Å². The van der Waals surface area contributed by atoms with E-state index < -0.39 is 6.10 Å². The highest BCUT2D eigenvalue weighted by Crippen LogP contribution is 2.26. The van der Waals surface area contributed by atoms with Gasteiger partial charge in [-0.05, 0) is 36.8 Å². The Morgan fingerprint density at radius 2 is 1.95 bits per heavy atom. The van der Waals surface area contributed by atoms with Crippen molar-refractivity contribution in [3.63, 3.8) is 0 Å². The molecule has 0 aliphatic carbocycles. The first kappa shape index (κ1) is 14.4. The molecule has 0 aliphatic heterocycles. The zero-order chi connectivity index (χ0) is 15.0. The van der Waals surface area contributed by atoms with Crippen LogP contribution in [0.25, 0.3) is 11.0 Å². The predicted molar refractivity (Wildman–Crippen MR) is 85.9 cm³/mol. The molecule has 0 aliphatic rings. The topological polar surface area (TPSA) is 38.1 Å². The lowest BCUT2D eigenvalue weighted by Crippen LogP contribution is -2.08. The molecule has 0 spiro atoms. The summed E-state index contributed by atoms with van der Waals surface area (Å²) in [5.41, 5.74) is 2.77. The fourth-order valence-electron chi connectivity index (χ4n) is 2.40. The van der Waals surface area contributed by atoms with Crippen LogP contribution < -0.4 is 0 Å². The molecule has 1 aromatic heterocycles. The van der Waals surface area contributed by atoms with E-state index in [1.807, 2.05) is 41.0 Å². The quantitative estimate of drug-likeness (QED) is 0.774.